The van der Waals surface area contributed by atoms with Gasteiger partial charge >= 0.3 is 4.84 Å². The zero-order valence-electron chi connectivity index (χ0n) is 16.8. The van der Waals surface area contributed by atoms with Crippen LogP contribution in [0.2, 0.25) is 0 Å². The molecule has 0 aliphatic carbocycles. The average Bonchev–Trinajstić information content (AvgIpc) is 3.39. The molecule has 0 amide bonds. The number of aromatic nitrogens is 4. The summed E-state index contributed by atoms with van der Waals surface area (Å²) < 4.78 is 40.9. The van der Waals surface area contributed by atoms with E-state index < -0.39 is 11.6 Å². The second kappa shape index (κ2) is 8.01. The molecule has 0 fully saturated rings. The lowest BCUT2D eigenvalue weighted by Crippen LogP contribution is -2.05. The number of pyridine rings is 1. The second-order valence-electron chi connectivity index (χ2n) is 7.11. The monoisotopic (exact) mass is 450 g/mol. The van der Waals surface area contributed by atoms with Crippen LogP contribution in [0.5, 0.6) is 5.75 Å². The third-order valence-electron chi connectivity index (χ3n) is 5.12. The average molecular weight is 450 g/mol. The largest absolute Gasteiger partial charge is 0.497 e. The molecule has 0 aliphatic rings. The third kappa shape index (κ3) is 3.67. The number of methoxy groups -OCH3 is 1. The molecule has 0 saturated heterocycles. The smallest absolute Gasteiger partial charge is 0.314 e. The number of rotatable bonds is 5. The van der Waals surface area contributed by atoms with E-state index in [9.17, 15) is 8.78 Å². The molecule has 1 N–H and O–H groups in total. The van der Waals surface area contributed by atoms with Crippen LogP contribution in [0.4, 0.5) is 8.78 Å². The fourth-order valence-electron chi connectivity index (χ4n) is 3.66. The zero-order chi connectivity index (χ0) is 22.2. The Morgan fingerprint density at radius 3 is 2.72 bits per heavy atom. The number of halogens is 2. The molecule has 0 atom stereocenters. The van der Waals surface area contributed by atoms with Gasteiger partial charge in [0, 0.05) is 16.5 Å². The van der Waals surface area contributed by atoms with Crippen molar-refractivity contribution in [1.82, 2.24) is 19.7 Å². The highest BCUT2D eigenvalue weighted by Crippen LogP contribution is 2.33. The summed E-state index contributed by atoms with van der Waals surface area (Å²) in [5.74, 6) is 0.0502. The number of hydrogen-bond acceptors (Lipinski definition) is 5. The molecule has 32 heavy (non-hydrogen) atoms. The van der Waals surface area contributed by atoms with Crippen molar-refractivity contribution >= 4 is 23.1 Å². The topological polar surface area (TPSA) is 68.9 Å². The highest BCUT2D eigenvalue weighted by Gasteiger charge is 2.17. The molecule has 0 radical (unpaired) electrons. The fraction of sp³-hybridized carbons (Fsp3) is 0.0870. The maximum Gasteiger partial charge on any atom is 0.314 e. The number of hydrogen-bond donors (Lipinski definition) is 1. The molecule has 2 aromatic carbocycles. The van der Waals surface area contributed by atoms with Gasteiger partial charge < -0.3 is 13.8 Å². The standard InChI is InChI=1S/C23H16F2N4O2S/c1-30-16-6-8-20-13(9-16)10-21(17-11-14(24)5-7-18(17)25)29(20)12-15-3-2-4-19(26-15)22-27-23(32)31-28-22/h2-11H,12H2,1H3,(H,27,28,32). The van der Waals surface area contributed by atoms with Crippen molar-refractivity contribution in [3.63, 3.8) is 0 Å². The number of H-pyrrole nitrogens is 1. The van der Waals surface area contributed by atoms with Crippen molar-refractivity contribution < 1.29 is 18.0 Å². The summed E-state index contributed by atoms with van der Waals surface area (Å²) in [6.45, 7) is 0.313. The van der Waals surface area contributed by atoms with Crippen molar-refractivity contribution in [2.75, 3.05) is 7.11 Å². The van der Waals surface area contributed by atoms with E-state index in [0.717, 1.165) is 23.0 Å². The SMILES string of the molecule is COc1ccc2c(c1)cc(-c1cc(F)ccc1F)n2Cc1cccc(-c2nc(=S)o[nH]2)n1. The molecule has 160 valence electrons. The summed E-state index contributed by atoms with van der Waals surface area (Å²) in [6, 6.07) is 16.2. The highest BCUT2D eigenvalue weighted by molar-refractivity contribution is 7.71. The summed E-state index contributed by atoms with van der Waals surface area (Å²) in [5, 5.41) is 3.47. The molecule has 0 aliphatic heterocycles. The molecule has 0 saturated carbocycles. The Morgan fingerprint density at radius 1 is 1.06 bits per heavy atom. The maximum absolute atomic E-state index is 14.7. The fourth-order valence-corrected chi connectivity index (χ4v) is 3.80. The molecule has 9 heteroatoms. The minimum absolute atomic E-state index is 0.0846. The Bertz CT molecular complexity index is 1510. The van der Waals surface area contributed by atoms with E-state index >= 15 is 0 Å². The van der Waals surface area contributed by atoms with Crippen LogP contribution in [0, 0.1) is 16.5 Å². The van der Waals surface area contributed by atoms with Crippen molar-refractivity contribution in [1.29, 1.82) is 0 Å². The van der Waals surface area contributed by atoms with Gasteiger partial charge in [0.2, 0.25) is 0 Å². The number of ether oxygens (including phenoxy) is 1. The molecule has 0 unspecified atom stereocenters. The van der Waals surface area contributed by atoms with E-state index in [1.807, 2.05) is 41.0 Å². The number of benzene rings is 2. The van der Waals surface area contributed by atoms with Gasteiger partial charge in [-0.1, -0.05) is 6.07 Å². The normalized spacial score (nSPS) is 11.2. The zero-order valence-corrected chi connectivity index (χ0v) is 17.6. The van der Waals surface area contributed by atoms with Crippen molar-refractivity contribution in [2.45, 2.75) is 6.54 Å². The quantitative estimate of drug-likeness (QED) is 0.345. The summed E-state index contributed by atoms with van der Waals surface area (Å²) >= 11 is 4.91. The first-order valence-electron chi connectivity index (χ1n) is 9.66. The summed E-state index contributed by atoms with van der Waals surface area (Å²) in [5.41, 5.74) is 2.77. The Balaban J connectivity index is 1.66. The van der Waals surface area contributed by atoms with Gasteiger partial charge in [-0.3, -0.25) is 0 Å². The van der Waals surface area contributed by atoms with Gasteiger partial charge in [0.05, 0.1) is 25.0 Å². The maximum atomic E-state index is 14.7. The second-order valence-corrected chi connectivity index (χ2v) is 7.46. The minimum atomic E-state index is -0.516. The van der Waals surface area contributed by atoms with Crippen LogP contribution >= 0.6 is 12.2 Å². The molecule has 0 spiro atoms. The Labute approximate surface area is 186 Å². The van der Waals surface area contributed by atoms with E-state index in [1.54, 1.807) is 13.2 Å². The van der Waals surface area contributed by atoms with Gasteiger partial charge in [-0.25, -0.2) is 13.8 Å². The summed E-state index contributed by atoms with van der Waals surface area (Å²) in [6.07, 6.45) is 0. The van der Waals surface area contributed by atoms with Crippen LogP contribution in [0.25, 0.3) is 33.7 Å². The molecule has 5 aromatic rings. The third-order valence-corrected chi connectivity index (χ3v) is 5.30. The lowest BCUT2D eigenvalue weighted by molar-refractivity contribution is 0.406. The van der Waals surface area contributed by atoms with Crippen molar-refractivity contribution in [3.8, 4) is 28.5 Å². The lowest BCUT2D eigenvalue weighted by Gasteiger charge is -2.12. The Kier molecular flexibility index (Phi) is 5.02. The first-order chi connectivity index (χ1) is 15.5. The molecular formula is C23H16F2N4O2S. The predicted octanol–water partition coefficient (Wildman–Crippen LogP) is 5.75. The van der Waals surface area contributed by atoms with Gasteiger partial charge in [0.15, 0.2) is 5.82 Å². The molecule has 3 aromatic heterocycles. The van der Waals surface area contributed by atoms with Gasteiger partial charge in [-0.2, -0.15) is 10.1 Å². The first kappa shape index (κ1) is 20.1. The molecule has 0 bridgehead atoms. The van der Waals surface area contributed by atoms with Crippen LogP contribution in [-0.4, -0.2) is 26.8 Å². The number of nitrogens with one attached hydrogen (secondary N) is 1. The van der Waals surface area contributed by atoms with E-state index in [1.165, 1.54) is 6.07 Å². The van der Waals surface area contributed by atoms with Gasteiger partial charge in [0.25, 0.3) is 0 Å². The Morgan fingerprint density at radius 2 is 1.94 bits per heavy atom. The van der Waals surface area contributed by atoms with E-state index in [4.69, 9.17) is 21.5 Å². The number of nitrogens with zero attached hydrogens (tertiary/aromatic N) is 3. The molecular weight excluding hydrogens is 434 g/mol. The van der Waals surface area contributed by atoms with Gasteiger partial charge in [0.1, 0.15) is 23.1 Å². The van der Waals surface area contributed by atoms with E-state index in [-0.39, 0.29) is 10.4 Å². The van der Waals surface area contributed by atoms with E-state index in [0.29, 0.717) is 35.2 Å². The van der Waals surface area contributed by atoms with Crippen molar-refractivity contribution in [3.05, 3.63) is 82.8 Å². The van der Waals surface area contributed by atoms with E-state index in [2.05, 4.69) is 15.1 Å². The van der Waals surface area contributed by atoms with Crippen LogP contribution in [-0.2, 0) is 6.54 Å². The highest BCUT2D eigenvalue weighted by atomic mass is 32.1. The van der Waals surface area contributed by atoms with Crippen molar-refractivity contribution in [2.24, 2.45) is 0 Å². The number of aromatic amines is 1. The Hall–Kier alpha value is -3.85. The van der Waals surface area contributed by atoms with Gasteiger partial charge in [-0.15, -0.1) is 0 Å². The summed E-state index contributed by atoms with van der Waals surface area (Å²) in [4.78, 5) is 8.81. The van der Waals surface area contributed by atoms with Crippen LogP contribution < -0.4 is 4.74 Å². The molecule has 6 nitrogen and oxygen atoms in total. The lowest BCUT2D eigenvalue weighted by atomic mass is 10.1. The van der Waals surface area contributed by atoms with Crippen LogP contribution in [0.15, 0.2) is 65.2 Å². The molecule has 5 rings (SSSR count). The molecule has 3 heterocycles. The first-order valence-corrected chi connectivity index (χ1v) is 10.1. The van der Waals surface area contributed by atoms with Crippen LogP contribution in [0.1, 0.15) is 5.69 Å². The predicted molar refractivity (Wildman–Crippen MR) is 118 cm³/mol. The number of fused-ring (bicyclic) bond motifs is 1. The minimum Gasteiger partial charge on any atom is -0.497 e. The van der Waals surface area contributed by atoms with Gasteiger partial charge in [-0.05, 0) is 66.8 Å². The summed E-state index contributed by atoms with van der Waals surface area (Å²) in [7, 11) is 1.58. The van der Waals surface area contributed by atoms with Crippen LogP contribution in [0.3, 0.4) is 0 Å².